The molecule has 0 N–H and O–H groups in total. The fourth-order valence-electron chi connectivity index (χ4n) is 5.13. The van der Waals surface area contributed by atoms with Crippen molar-refractivity contribution < 1.29 is 0 Å². The Morgan fingerprint density at radius 3 is 1.16 bits per heavy atom. The highest BCUT2D eigenvalue weighted by Gasteiger charge is 2.09. The lowest BCUT2D eigenvalue weighted by Gasteiger charge is -2.08. The Labute approximate surface area is 257 Å². The maximum atomic E-state index is 5.10. The molecular weight excluding hydrogens is 536 g/mol. The second-order valence-electron chi connectivity index (χ2n) is 11.0. The molecule has 7 aromatic rings. The molecule has 0 saturated heterocycles. The smallest absolute Gasteiger partial charge is 0.0972 e. The van der Waals surface area contributed by atoms with E-state index in [0.29, 0.717) is 0 Å². The van der Waals surface area contributed by atoms with Gasteiger partial charge < -0.3 is 0 Å². The molecule has 0 atom stereocenters. The van der Waals surface area contributed by atoms with Crippen LogP contribution in [0.5, 0.6) is 0 Å². The first-order valence-electron chi connectivity index (χ1n) is 14.7. The predicted molar refractivity (Wildman–Crippen MR) is 185 cm³/mol. The maximum absolute atomic E-state index is 5.10. The summed E-state index contributed by atoms with van der Waals surface area (Å²) in [7, 11) is 0. The van der Waals surface area contributed by atoms with E-state index in [-0.39, 0.29) is 0 Å². The van der Waals surface area contributed by atoms with E-state index < -0.39 is 0 Å². The Hall–Kier alpha value is -5.74. The molecule has 0 aliphatic rings. The summed E-state index contributed by atoms with van der Waals surface area (Å²) in [5.74, 6) is 0. The van der Waals surface area contributed by atoms with Crippen molar-refractivity contribution in [3.63, 3.8) is 0 Å². The monoisotopic (exact) mass is 566 g/mol. The first kappa shape index (κ1) is 27.1. The molecule has 0 unspecified atom stereocenters. The molecular formula is C40H30N4. The zero-order valence-electron chi connectivity index (χ0n) is 24.6. The molecule has 4 nitrogen and oxygen atoms in total. The van der Waals surface area contributed by atoms with Crippen LogP contribution in [0.1, 0.15) is 22.3 Å². The van der Waals surface area contributed by atoms with Crippen LogP contribution in [0, 0.1) is 13.8 Å². The van der Waals surface area contributed by atoms with Crippen molar-refractivity contribution in [3.8, 4) is 22.5 Å². The van der Waals surface area contributed by atoms with E-state index in [4.69, 9.17) is 9.97 Å². The van der Waals surface area contributed by atoms with E-state index in [1.165, 1.54) is 11.1 Å². The molecule has 4 heteroatoms. The van der Waals surface area contributed by atoms with Crippen LogP contribution in [0.2, 0.25) is 0 Å². The van der Waals surface area contributed by atoms with E-state index in [0.717, 1.165) is 66.8 Å². The molecule has 5 aromatic carbocycles. The number of pyridine rings is 2. The van der Waals surface area contributed by atoms with Crippen molar-refractivity contribution in [1.29, 1.82) is 0 Å². The lowest BCUT2D eigenvalue weighted by atomic mass is 10.0. The molecule has 2 aromatic heterocycles. The summed E-state index contributed by atoms with van der Waals surface area (Å²) in [6.45, 7) is 4.15. The van der Waals surface area contributed by atoms with Crippen molar-refractivity contribution in [2.24, 2.45) is 9.98 Å². The lowest BCUT2D eigenvalue weighted by molar-refractivity contribution is 1.36. The minimum atomic E-state index is 0.897. The zero-order valence-corrected chi connectivity index (χ0v) is 24.6. The maximum Gasteiger partial charge on any atom is 0.0972 e. The summed E-state index contributed by atoms with van der Waals surface area (Å²) in [5.41, 5.74) is 12.1. The molecule has 0 spiro atoms. The van der Waals surface area contributed by atoms with Crippen molar-refractivity contribution in [1.82, 2.24) is 9.97 Å². The number of aliphatic imine (C=N–C) groups is 2. The number of rotatable bonds is 6. The zero-order chi connectivity index (χ0) is 29.9. The number of hydrogen-bond donors (Lipinski definition) is 0. The summed E-state index contributed by atoms with van der Waals surface area (Å²) in [5, 5.41) is 2.13. The largest absolute Gasteiger partial charge is 0.256 e. The van der Waals surface area contributed by atoms with Gasteiger partial charge in [0, 0.05) is 34.3 Å². The molecule has 0 bridgehead atoms. The quantitative estimate of drug-likeness (QED) is 0.148. The normalized spacial score (nSPS) is 11.7. The first-order valence-corrected chi connectivity index (χ1v) is 14.7. The van der Waals surface area contributed by atoms with E-state index in [9.17, 15) is 0 Å². The third-order valence-electron chi connectivity index (χ3n) is 7.73. The van der Waals surface area contributed by atoms with Gasteiger partial charge in [-0.15, -0.1) is 0 Å². The number of aromatic nitrogens is 2. The SMILES string of the molecule is Cc1ccc(N=Cc2ccc(-c3ccc4ccc5ccc(-c6ccc(C=Nc7ccc(C)cc7)cc6)nc5c4n3)cc2)cc1. The van der Waals surface area contributed by atoms with Gasteiger partial charge in [-0.2, -0.15) is 0 Å². The molecule has 0 aliphatic carbocycles. The van der Waals surface area contributed by atoms with E-state index in [2.05, 4.69) is 133 Å². The van der Waals surface area contributed by atoms with Crippen molar-refractivity contribution in [3.05, 3.63) is 156 Å². The highest BCUT2D eigenvalue weighted by Crippen LogP contribution is 2.29. The summed E-state index contributed by atoms with van der Waals surface area (Å²) >= 11 is 0. The van der Waals surface area contributed by atoms with Crippen LogP contribution < -0.4 is 0 Å². The summed E-state index contributed by atoms with van der Waals surface area (Å²) in [6, 6.07) is 45.7. The Kier molecular flexibility index (Phi) is 7.31. The highest BCUT2D eigenvalue weighted by atomic mass is 14.8. The molecule has 210 valence electrons. The predicted octanol–water partition coefficient (Wildman–Crippen LogP) is 10.2. The molecule has 0 fully saturated rings. The number of hydrogen-bond acceptors (Lipinski definition) is 4. The number of aryl methyl sites for hydroxylation is 2. The molecule has 44 heavy (non-hydrogen) atoms. The summed E-state index contributed by atoms with van der Waals surface area (Å²) in [6.07, 6.45) is 3.79. The van der Waals surface area contributed by atoms with Gasteiger partial charge >= 0.3 is 0 Å². The molecule has 0 aliphatic heterocycles. The van der Waals surface area contributed by atoms with Gasteiger partial charge in [0.05, 0.1) is 33.8 Å². The molecule has 0 amide bonds. The summed E-state index contributed by atoms with van der Waals surface area (Å²) < 4.78 is 0. The van der Waals surface area contributed by atoms with Crippen LogP contribution in [-0.4, -0.2) is 22.4 Å². The number of nitrogens with zero attached hydrogens (tertiary/aromatic N) is 4. The van der Waals surface area contributed by atoms with Crippen molar-refractivity contribution in [2.45, 2.75) is 13.8 Å². The lowest BCUT2D eigenvalue weighted by Crippen LogP contribution is -1.91. The van der Waals surface area contributed by atoms with Crippen LogP contribution in [0.3, 0.4) is 0 Å². The van der Waals surface area contributed by atoms with Gasteiger partial charge in [0.15, 0.2) is 0 Å². The standard InChI is InChI=1S/C40H30N4/c1-27-3-19-35(20-4-27)41-25-29-7-11-31(12-8-29)37-23-17-33-15-16-34-18-24-38(44-40(34)39(33)43-37)32-13-9-30(10-14-32)26-42-36-21-5-28(2)6-22-36/h3-26H,1-2H3. The van der Waals surface area contributed by atoms with Crippen LogP contribution in [0.25, 0.3) is 44.3 Å². The Balaban J connectivity index is 1.16. The van der Waals surface area contributed by atoms with Crippen LogP contribution in [0.15, 0.2) is 143 Å². The third kappa shape index (κ3) is 5.92. The van der Waals surface area contributed by atoms with Crippen LogP contribution in [-0.2, 0) is 0 Å². The minimum Gasteiger partial charge on any atom is -0.256 e. The van der Waals surface area contributed by atoms with E-state index in [1.54, 1.807) is 0 Å². The van der Waals surface area contributed by atoms with Gasteiger partial charge in [-0.05, 0) is 61.4 Å². The van der Waals surface area contributed by atoms with Crippen LogP contribution in [0.4, 0.5) is 11.4 Å². The average molecular weight is 567 g/mol. The number of benzene rings is 5. The van der Waals surface area contributed by atoms with Gasteiger partial charge in [-0.3, -0.25) is 9.98 Å². The number of fused-ring (bicyclic) bond motifs is 3. The highest BCUT2D eigenvalue weighted by molar-refractivity contribution is 6.04. The van der Waals surface area contributed by atoms with Gasteiger partial charge in [0.2, 0.25) is 0 Å². The second-order valence-corrected chi connectivity index (χ2v) is 11.0. The van der Waals surface area contributed by atoms with E-state index in [1.807, 2.05) is 36.7 Å². The second kappa shape index (κ2) is 11.9. The Bertz CT molecular complexity index is 1980. The van der Waals surface area contributed by atoms with Crippen LogP contribution >= 0.6 is 0 Å². The molecule has 7 rings (SSSR count). The Morgan fingerprint density at radius 2 is 0.773 bits per heavy atom. The van der Waals surface area contributed by atoms with Crippen molar-refractivity contribution in [2.75, 3.05) is 0 Å². The van der Waals surface area contributed by atoms with Gasteiger partial charge in [-0.1, -0.05) is 108 Å². The fraction of sp³-hybridized carbons (Fsp3) is 0.0500. The molecule has 2 heterocycles. The van der Waals surface area contributed by atoms with Gasteiger partial charge in [0.25, 0.3) is 0 Å². The molecule has 0 radical (unpaired) electrons. The topological polar surface area (TPSA) is 50.5 Å². The third-order valence-corrected chi connectivity index (χ3v) is 7.73. The fourth-order valence-corrected chi connectivity index (χ4v) is 5.13. The van der Waals surface area contributed by atoms with E-state index >= 15 is 0 Å². The first-order chi connectivity index (χ1) is 21.6. The van der Waals surface area contributed by atoms with Gasteiger partial charge in [0.1, 0.15) is 0 Å². The average Bonchev–Trinajstić information content (AvgIpc) is 3.08. The Morgan fingerprint density at radius 1 is 0.409 bits per heavy atom. The van der Waals surface area contributed by atoms with Crippen molar-refractivity contribution >= 4 is 45.6 Å². The molecule has 0 saturated carbocycles. The minimum absolute atomic E-state index is 0.897. The summed E-state index contributed by atoms with van der Waals surface area (Å²) in [4.78, 5) is 19.4. The van der Waals surface area contributed by atoms with Gasteiger partial charge in [-0.25, -0.2) is 9.97 Å².